The molecule has 144 valence electrons. The van der Waals surface area contributed by atoms with Gasteiger partial charge in [0.1, 0.15) is 0 Å². The lowest BCUT2D eigenvalue weighted by atomic mass is 9.97. The van der Waals surface area contributed by atoms with Crippen LogP contribution in [0.2, 0.25) is 0 Å². The first-order valence-corrected chi connectivity index (χ1v) is 10.4. The van der Waals surface area contributed by atoms with Crippen LogP contribution in [0.5, 0.6) is 0 Å². The van der Waals surface area contributed by atoms with E-state index in [2.05, 4.69) is 5.32 Å². The van der Waals surface area contributed by atoms with Gasteiger partial charge in [-0.15, -0.1) is 0 Å². The average Bonchev–Trinajstić information content (AvgIpc) is 2.68. The fourth-order valence-corrected chi connectivity index (χ4v) is 4.68. The molecule has 2 N–H and O–H groups in total. The summed E-state index contributed by atoms with van der Waals surface area (Å²) in [5, 5.41) is 12.0. The standard InChI is InChI=1S/C20H24N2O4S/c1-15-5-7-19(8-6-15)27(25,26)22-11-9-17(10-12-22)20(24)21-18-4-2-3-16(13-18)14-23/h2-8,13,17,23H,9-12,14H2,1H3,(H,21,24). The van der Waals surface area contributed by atoms with Crippen LogP contribution in [0.1, 0.15) is 24.0 Å². The van der Waals surface area contributed by atoms with Crippen molar-refractivity contribution in [3.05, 3.63) is 59.7 Å². The van der Waals surface area contributed by atoms with E-state index >= 15 is 0 Å². The Kier molecular flexibility index (Phi) is 5.94. The maximum atomic E-state index is 12.7. The smallest absolute Gasteiger partial charge is 0.243 e. The van der Waals surface area contributed by atoms with E-state index in [1.54, 1.807) is 48.5 Å². The summed E-state index contributed by atoms with van der Waals surface area (Å²) in [6.45, 7) is 2.48. The fourth-order valence-electron chi connectivity index (χ4n) is 3.21. The fraction of sp³-hybridized carbons (Fsp3) is 0.350. The average molecular weight is 388 g/mol. The van der Waals surface area contributed by atoms with Crippen LogP contribution in [-0.4, -0.2) is 36.8 Å². The van der Waals surface area contributed by atoms with Crippen LogP contribution in [0.3, 0.4) is 0 Å². The SMILES string of the molecule is Cc1ccc(S(=O)(=O)N2CCC(C(=O)Nc3cccc(CO)c3)CC2)cc1. The zero-order chi connectivity index (χ0) is 19.4. The first kappa shape index (κ1) is 19.5. The van der Waals surface area contributed by atoms with Gasteiger partial charge in [-0.1, -0.05) is 29.8 Å². The second-order valence-electron chi connectivity index (χ2n) is 6.84. The molecule has 0 bridgehead atoms. The van der Waals surface area contributed by atoms with E-state index in [1.165, 1.54) is 4.31 Å². The molecule has 0 atom stereocenters. The minimum Gasteiger partial charge on any atom is -0.392 e. The number of benzene rings is 2. The van der Waals surface area contributed by atoms with E-state index in [1.807, 2.05) is 6.92 Å². The second-order valence-corrected chi connectivity index (χ2v) is 8.78. The van der Waals surface area contributed by atoms with Crippen molar-refractivity contribution in [2.75, 3.05) is 18.4 Å². The van der Waals surface area contributed by atoms with Gasteiger partial charge in [-0.2, -0.15) is 4.31 Å². The van der Waals surface area contributed by atoms with Crippen LogP contribution in [0.15, 0.2) is 53.4 Å². The minimum absolute atomic E-state index is 0.0844. The summed E-state index contributed by atoms with van der Waals surface area (Å²) < 4.78 is 26.9. The molecule has 0 unspecified atom stereocenters. The molecule has 1 aliphatic heterocycles. The zero-order valence-electron chi connectivity index (χ0n) is 15.3. The molecule has 0 saturated carbocycles. The van der Waals surface area contributed by atoms with Gasteiger partial charge in [-0.05, 0) is 49.6 Å². The van der Waals surface area contributed by atoms with Gasteiger partial charge >= 0.3 is 0 Å². The third kappa shape index (κ3) is 4.55. The molecule has 1 fully saturated rings. The molecule has 1 heterocycles. The van der Waals surface area contributed by atoms with E-state index < -0.39 is 10.0 Å². The highest BCUT2D eigenvalue weighted by molar-refractivity contribution is 7.89. The number of anilines is 1. The monoisotopic (exact) mass is 388 g/mol. The Morgan fingerprint density at radius 2 is 1.81 bits per heavy atom. The van der Waals surface area contributed by atoms with Gasteiger partial charge < -0.3 is 10.4 Å². The summed E-state index contributed by atoms with van der Waals surface area (Å²) in [4.78, 5) is 12.8. The molecule has 0 spiro atoms. The van der Waals surface area contributed by atoms with Crippen molar-refractivity contribution >= 4 is 21.6 Å². The summed E-state index contributed by atoms with van der Waals surface area (Å²) in [6, 6.07) is 13.9. The number of rotatable bonds is 5. The van der Waals surface area contributed by atoms with Crippen LogP contribution in [0.25, 0.3) is 0 Å². The maximum Gasteiger partial charge on any atom is 0.243 e. The first-order chi connectivity index (χ1) is 12.9. The highest BCUT2D eigenvalue weighted by Crippen LogP contribution is 2.25. The van der Waals surface area contributed by atoms with Crippen molar-refractivity contribution in [2.45, 2.75) is 31.3 Å². The molecule has 1 saturated heterocycles. The van der Waals surface area contributed by atoms with Gasteiger partial charge in [0.25, 0.3) is 0 Å². The van der Waals surface area contributed by atoms with E-state index in [9.17, 15) is 18.3 Å². The van der Waals surface area contributed by atoms with Crippen LogP contribution in [0.4, 0.5) is 5.69 Å². The van der Waals surface area contributed by atoms with E-state index in [-0.39, 0.29) is 23.3 Å². The van der Waals surface area contributed by atoms with Crippen LogP contribution < -0.4 is 5.32 Å². The van der Waals surface area contributed by atoms with E-state index in [4.69, 9.17) is 0 Å². The topological polar surface area (TPSA) is 86.7 Å². The summed E-state index contributed by atoms with van der Waals surface area (Å²) in [7, 11) is -3.52. The predicted octanol–water partition coefficient (Wildman–Crippen LogP) is 2.53. The molecule has 7 heteroatoms. The van der Waals surface area contributed by atoms with Crippen LogP contribution >= 0.6 is 0 Å². The Hall–Kier alpha value is -2.22. The van der Waals surface area contributed by atoms with Gasteiger partial charge in [-0.25, -0.2) is 8.42 Å². The van der Waals surface area contributed by atoms with Crippen molar-refractivity contribution in [3.8, 4) is 0 Å². The Morgan fingerprint density at radius 1 is 1.15 bits per heavy atom. The molecule has 0 aromatic heterocycles. The lowest BCUT2D eigenvalue weighted by Gasteiger charge is -2.30. The maximum absolute atomic E-state index is 12.7. The number of sulfonamides is 1. The Balaban J connectivity index is 1.61. The number of aliphatic hydroxyl groups is 1. The molecule has 1 aliphatic rings. The number of hydrogen-bond donors (Lipinski definition) is 2. The number of hydrogen-bond acceptors (Lipinski definition) is 4. The summed E-state index contributed by atoms with van der Waals surface area (Å²) in [5.41, 5.74) is 2.38. The van der Waals surface area contributed by atoms with Crippen LogP contribution in [-0.2, 0) is 21.4 Å². The quantitative estimate of drug-likeness (QED) is 0.824. The normalized spacial score (nSPS) is 16.2. The van der Waals surface area contributed by atoms with Gasteiger partial charge in [0.2, 0.25) is 15.9 Å². The summed E-state index contributed by atoms with van der Waals surface area (Å²) in [5.74, 6) is -0.343. The van der Waals surface area contributed by atoms with E-state index in [0.717, 1.165) is 11.1 Å². The zero-order valence-corrected chi connectivity index (χ0v) is 16.1. The number of amides is 1. The predicted molar refractivity (Wildman–Crippen MR) is 104 cm³/mol. The largest absolute Gasteiger partial charge is 0.392 e. The molecule has 2 aromatic carbocycles. The number of nitrogens with zero attached hydrogens (tertiary/aromatic N) is 1. The van der Waals surface area contributed by atoms with Gasteiger partial charge in [-0.3, -0.25) is 4.79 Å². The van der Waals surface area contributed by atoms with Gasteiger partial charge in [0.05, 0.1) is 11.5 Å². The van der Waals surface area contributed by atoms with Gasteiger partial charge in [0.15, 0.2) is 0 Å². The second kappa shape index (κ2) is 8.21. The van der Waals surface area contributed by atoms with Crippen molar-refractivity contribution in [1.29, 1.82) is 0 Å². The lowest BCUT2D eigenvalue weighted by molar-refractivity contribution is -0.120. The van der Waals surface area contributed by atoms with E-state index in [0.29, 0.717) is 31.6 Å². The number of carbonyl (C=O) groups is 1. The van der Waals surface area contributed by atoms with Crippen LogP contribution in [0, 0.1) is 12.8 Å². The number of piperidine rings is 1. The van der Waals surface area contributed by atoms with Crippen molar-refractivity contribution in [3.63, 3.8) is 0 Å². The van der Waals surface area contributed by atoms with Gasteiger partial charge in [0, 0.05) is 24.7 Å². The van der Waals surface area contributed by atoms with Crippen molar-refractivity contribution < 1.29 is 18.3 Å². The third-order valence-electron chi connectivity index (χ3n) is 4.86. The molecule has 1 amide bonds. The molecule has 0 radical (unpaired) electrons. The molecule has 6 nitrogen and oxygen atoms in total. The number of carbonyl (C=O) groups excluding carboxylic acids is 1. The molecule has 27 heavy (non-hydrogen) atoms. The summed E-state index contributed by atoms with van der Waals surface area (Å²) >= 11 is 0. The Morgan fingerprint density at radius 3 is 2.44 bits per heavy atom. The number of aryl methyl sites for hydroxylation is 1. The van der Waals surface area contributed by atoms with Crippen molar-refractivity contribution in [1.82, 2.24) is 4.31 Å². The molecule has 3 rings (SSSR count). The molecular weight excluding hydrogens is 364 g/mol. The molecule has 0 aliphatic carbocycles. The summed E-state index contributed by atoms with van der Waals surface area (Å²) in [6.07, 6.45) is 0.966. The Labute approximate surface area is 159 Å². The molecule has 2 aromatic rings. The number of aliphatic hydroxyl groups excluding tert-OH is 1. The highest BCUT2D eigenvalue weighted by atomic mass is 32.2. The number of nitrogens with one attached hydrogen (secondary N) is 1. The highest BCUT2D eigenvalue weighted by Gasteiger charge is 2.32. The Bertz CT molecular complexity index is 902. The minimum atomic E-state index is -3.52. The van der Waals surface area contributed by atoms with Crippen molar-refractivity contribution in [2.24, 2.45) is 5.92 Å². The third-order valence-corrected chi connectivity index (χ3v) is 6.77. The molecular formula is C20H24N2O4S. The lowest BCUT2D eigenvalue weighted by Crippen LogP contribution is -2.41. The first-order valence-electron chi connectivity index (χ1n) is 8.97.